The first-order chi connectivity index (χ1) is 12.4. The lowest BCUT2D eigenvalue weighted by atomic mass is 10.00. The second-order valence-electron chi connectivity index (χ2n) is 6.67. The fraction of sp³-hybridized carbons (Fsp3) is 0.444. The van der Waals surface area contributed by atoms with Gasteiger partial charge in [0.25, 0.3) is 12.3 Å². The molecule has 0 radical (unpaired) electrons. The second-order valence-corrected chi connectivity index (χ2v) is 6.67. The number of hydrogen-bond donors (Lipinski definition) is 1. The molecule has 1 atom stereocenters. The van der Waals surface area contributed by atoms with E-state index in [-0.39, 0.29) is 24.0 Å². The lowest BCUT2D eigenvalue weighted by Crippen LogP contribution is -2.33. The number of aromatic nitrogens is 2. The number of fused-ring (bicyclic) bond motifs is 1. The summed E-state index contributed by atoms with van der Waals surface area (Å²) in [5.74, 6) is -0.939. The predicted octanol–water partition coefficient (Wildman–Crippen LogP) is 3.87. The number of rotatable bonds is 5. The molecule has 1 aliphatic rings. The molecule has 0 bridgehead atoms. The van der Waals surface area contributed by atoms with E-state index in [9.17, 15) is 18.0 Å². The van der Waals surface area contributed by atoms with Gasteiger partial charge in [0.05, 0.1) is 18.2 Å². The molecule has 8 heteroatoms. The van der Waals surface area contributed by atoms with Crippen LogP contribution in [0.15, 0.2) is 24.4 Å². The van der Waals surface area contributed by atoms with E-state index in [2.05, 4.69) is 10.4 Å². The van der Waals surface area contributed by atoms with Gasteiger partial charge in [0.1, 0.15) is 0 Å². The van der Waals surface area contributed by atoms with Crippen LogP contribution in [0.2, 0.25) is 0 Å². The Kier molecular flexibility index (Phi) is 5.20. The lowest BCUT2D eigenvalue weighted by molar-refractivity contribution is 0.0905. The Morgan fingerprint density at radius 1 is 1.42 bits per heavy atom. The minimum absolute atomic E-state index is 0.0865. The van der Waals surface area contributed by atoms with Crippen molar-refractivity contribution in [2.45, 2.75) is 39.3 Å². The highest BCUT2D eigenvalue weighted by Crippen LogP contribution is 2.34. The molecule has 1 aromatic heterocycles. The van der Waals surface area contributed by atoms with Crippen molar-refractivity contribution in [3.8, 4) is 5.75 Å². The van der Waals surface area contributed by atoms with Crippen LogP contribution >= 0.6 is 0 Å². The SMILES string of the molecule is CC(C)Cn1cc(C(F)F)c(C(=O)N[C@H]2CCOc3c(F)cccc32)n1. The van der Waals surface area contributed by atoms with Gasteiger partial charge >= 0.3 is 0 Å². The molecule has 5 nitrogen and oxygen atoms in total. The van der Waals surface area contributed by atoms with Gasteiger partial charge in [-0.2, -0.15) is 5.10 Å². The Balaban J connectivity index is 1.85. The zero-order chi connectivity index (χ0) is 18.8. The van der Waals surface area contributed by atoms with E-state index >= 15 is 0 Å². The standard InChI is InChI=1S/C18H20F3N3O2/c1-10(2)8-24-9-12(17(20)21)15(23-24)18(25)22-14-6-7-26-16-11(14)4-3-5-13(16)19/h3-5,9-10,14,17H,6-8H2,1-2H3,(H,22,25)/t14-/m0/s1. The van der Waals surface area contributed by atoms with Gasteiger partial charge in [0, 0.05) is 24.7 Å². The lowest BCUT2D eigenvalue weighted by Gasteiger charge is -2.26. The number of para-hydroxylation sites is 1. The van der Waals surface area contributed by atoms with Crippen molar-refractivity contribution >= 4 is 5.91 Å². The number of amides is 1. The molecule has 140 valence electrons. The second kappa shape index (κ2) is 7.39. The highest BCUT2D eigenvalue weighted by Gasteiger charge is 2.29. The van der Waals surface area contributed by atoms with E-state index in [1.165, 1.54) is 23.0 Å². The van der Waals surface area contributed by atoms with Crippen LogP contribution in [0.4, 0.5) is 13.2 Å². The third-order valence-electron chi connectivity index (χ3n) is 4.12. The van der Waals surface area contributed by atoms with Gasteiger partial charge in [-0.1, -0.05) is 26.0 Å². The topological polar surface area (TPSA) is 56.2 Å². The summed E-state index contributed by atoms with van der Waals surface area (Å²) in [6.45, 7) is 4.51. The molecule has 0 fully saturated rings. The normalized spacial score (nSPS) is 16.5. The zero-order valence-corrected chi connectivity index (χ0v) is 14.5. The van der Waals surface area contributed by atoms with Crippen LogP contribution in [0.3, 0.4) is 0 Å². The van der Waals surface area contributed by atoms with Gasteiger partial charge in [-0.15, -0.1) is 0 Å². The molecule has 0 aliphatic carbocycles. The fourth-order valence-corrected chi connectivity index (χ4v) is 3.00. The minimum atomic E-state index is -2.81. The van der Waals surface area contributed by atoms with Gasteiger partial charge in [-0.3, -0.25) is 9.48 Å². The molecule has 1 aromatic carbocycles. The quantitative estimate of drug-likeness (QED) is 0.873. The third kappa shape index (κ3) is 3.68. The number of carbonyl (C=O) groups is 1. The Bertz CT molecular complexity index is 805. The molecular formula is C18H20F3N3O2. The number of nitrogens with one attached hydrogen (secondary N) is 1. The highest BCUT2D eigenvalue weighted by atomic mass is 19.3. The minimum Gasteiger partial charge on any atom is -0.490 e. The van der Waals surface area contributed by atoms with E-state index in [0.29, 0.717) is 18.5 Å². The van der Waals surface area contributed by atoms with Crippen molar-refractivity contribution in [2.24, 2.45) is 5.92 Å². The number of benzene rings is 1. The first-order valence-corrected chi connectivity index (χ1v) is 8.44. The molecule has 0 saturated heterocycles. The van der Waals surface area contributed by atoms with Gasteiger partial charge in [-0.25, -0.2) is 13.2 Å². The van der Waals surface area contributed by atoms with E-state index in [1.54, 1.807) is 6.07 Å². The van der Waals surface area contributed by atoms with Crippen LogP contribution in [0, 0.1) is 11.7 Å². The molecule has 1 N–H and O–H groups in total. The van der Waals surface area contributed by atoms with Crippen LogP contribution in [-0.2, 0) is 6.54 Å². The fourth-order valence-electron chi connectivity index (χ4n) is 3.00. The summed E-state index contributed by atoms with van der Waals surface area (Å²) in [5, 5.41) is 6.72. The maximum Gasteiger partial charge on any atom is 0.272 e. The third-order valence-corrected chi connectivity index (χ3v) is 4.12. The van der Waals surface area contributed by atoms with Crippen LogP contribution < -0.4 is 10.1 Å². The summed E-state index contributed by atoms with van der Waals surface area (Å²) in [7, 11) is 0. The number of ether oxygens (including phenoxy) is 1. The number of halogens is 3. The van der Waals surface area contributed by atoms with Crippen LogP contribution in [0.25, 0.3) is 0 Å². The molecule has 0 saturated carbocycles. The average Bonchev–Trinajstić information content (AvgIpc) is 2.99. The van der Waals surface area contributed by atoms with E-state index in [4.69, 9.17) is 4.74 Å². The van der Waals surface area contributed by atoms with Crippen molar-refractivity contribution in [1.82, 2.24) is 15.1 Å². The number of hydrogen-bond acceptors (Lipinski definition) is 3. The summed E-state index contributed by atoms with van der Waals surface area (Å²) in [4.78, 5) is 12.6. The predicted molar refractivity (Wildman–Crippen MR) is 88.7 cm³/mol. The van der Waals surface area contributed by atoms with Crippen molar-refractivity contribution in [2.75, 3.05) is 6.61 Å². The molecule has 3 rings (SSSR count). The van der Waals surface area contributed by atoms with Crippen molar-refractivity contribution < 1.29 is 22.7 Å². The first kappa shape index (κ1) is 18.3. The zero-order valence-electron chi connectivity index (χ0n) is 14.5. The molecule has 0 spiro atoms. The van der Waals surface area contributed by atoms with E-state index in [1.807, 2.05) is 13.8 Å². The Labute approximate surface area is 149 Å². The summed E-state index contributed by atoms with van der Waals surface area (Å²) in [5.41, 5.74) is -0.218. The number of carbonyl (C=O) groups excluding carboxylic acids is 1. The average molecular weight is 367 g/mol. The van der Waals surface area contributed by atoms with E-state index in [0.717, 1.165) is 0 Å². The van der Waals surface area contributed by atoms with Crippen LogP contribution in [0.5, 0.6) is 5.75 Å². The number of nitrogens with zero attached hydrogens (tertiary/aromatic N) is 2. The largest absolute Gasteiger partial charge is 0.490 e. The molecule has 26 heavy (non-hydrogen) atoms. The van der Waals surface area contributed by atoms with Crippen molar-refractivity contribution in [3.63, 3.8) is 0 Å². The summed E-state index contributed by atoms with van der Waals surface area (Å²) in [6.07, 6.45) is -1.19. The summed E-state index contributed by atoms with van der Waals surface area (Å²) < 4.78 is 47.1. The Hall–Kier alpha value is -2.51. The molecular weight excluding hydrogens is 347 g/mol. The molecule has 2 heterocycles. The first-order valence-electron chi connectivity index (χ1n) is 8.44. The van der Waals surface area contributed by atoms with Gasteiger partial charge in [0.2, 0.25) is 0 Å². The molecule has 2 aromatic rings. The maximum absolute atomic E-state index is 13.8. The molecule has 1 aliphatic heterocycles. The number of alkyl halides is 2. The summed E-state index contributed by atoms with van der Waals surface area (Å²) in [6, 6.07) is 3.91. The highest BCUT2D eigenvalue weighted by molar-refractivity contribution is 5.94. The Morgan fingerprint density at radius 2 is 2.19 bits per heavy atom. The maximum atomic E-state index is 13.8. The van der Waals surface area contributed by atoms with Crippen molar-refractivity contribution in [1.29, 1.82) is 0 Å². The van der Waals surface area contributed by atoms with Gasteiger partial charge in [0.15, 0.2) is 17.3 Å². The molecule has 1 amide bonds. The van der Waals surface area contributed by atoms with Crippen LogP contribution in [0.1, 0.15) is 54.4 Å². The molecule has 0 unspecified atom stereocenters. The monoisotopic (exact) mass is 367 g/mol. The van der Waals surface area contributed by atoms with E-state index < -0.39 is 29.8 Å². The smallest absolute Gasteiger partial charge is 0.272 e. The van der Waals surface area contributed by atoms with Gasteiger partial charge < -0.3 is 10.1 Å². The van der Waals surface area contributed by atoms with Crippen molar-refractivity contribution in [3.05, 3.63) is 47.0 Å². The van der Waals surface area contributed by atoms with Gasteiger partial charge in [-0.05, 0) is 12.0 Å². The Morgan fingerprint density at radius 3 is 2.88 bits per heavy atom. The summed E-state index contributed by atoms with van der Waals surface area (Å²) >= 11 is 0. The van der Waals surface area contributed by atoms with Crippen LogP contribution in [-0.4, -0.2) is 22.3 Å².